The Morgan fingerprint density at radius 1 is 1.26 bits per heavy atom. The molecule has 0 spiro atoms. The first kappa shape index (κ1) is 16.2. The molecule has 1 aromatic carbocycles. The first-order valence-electron chi connectivity index (χ1n) is 8.13. The molecular formula is C17H20ClFN2O2. The van der Waals surface area contributed by atoms with Crippen LogP contribution in [0.15, 0.2) is 27.5 Å². The quantitative estimate of drug-likeness (QED) is 0.785. The normalized spacial score (nSPS) is 16.4. The minimum absolute atomic E-state index is 0.157. The van der Waals surface area contributed by atoms with Crippen molar-refractivity contribution >= 4 is 11.6 Å². The summed E-state index contributed by atoms with van der Waals surface area (Å²) in [7, 11) is 0. The third kappa shape index (κ3) is 3.83. The first-order valence-corrected chi connectivity index (χ1v) is 8.51. The van der Waals surface area contributed by atoms with Crippen LogP contribution in [0.2, 0.25) is 5.02 Å². The Balaban J connectivity index is 1.82. The van der Waals surface area contributed by atoms with Crippen molar-refractivity contribution < 1.29 is 8.91 Å². The van der Waals surface area contributed by atoms with Crippen molar-refractivity contribution in [3.05, 3.63) is 51.0 Å². The minimum atomic E-state index is -0.475. The Morgan fingerprint density at radius 2 is 2.00 bits per heavy atom. The van der Waals surface area contributed by atoms with E-state index in [9.17, 15) is 9.18 Å². The highest BCUT2D eigenvalue weighted by molar-refractivity contribution is 6.31. The Labute approximate surface area is 139 Å². The van der Waals surface area contributed by atoms with Gasteiger partial charge in [-0.05, 0) is 30.9 Å². The fraction of sp³-hybridized carbons (Fsp3) is 0.529. The van der Waals surface area contributed by atoms with Crippen LogP contribution in [-0.4, -0.2) is 9.72 Å². The fourth-order valence-corrected chi connectivity index (χ4v) is 3.50. The molecule has 2 aromatic rings. The average Bonchev–Trinajstić information content (AvgIpc) is 2.74. The van der Waals surface area contributed by atoms with Crippen LogP contribution in [0, 0.1) is 11.7 Å². The smallest absolute Gasteiger partial charge is 0.296 e. The van der Waals surface area contributed by atoms with Gasteiger partial charge in [0.25, 0.3) is 0 Å². The SMILES string of the molecule is O=c1onc(Cc2c(F)cccc2Cl)n1CC1CCCCCC1. The molecule has 0 atom stereocenters. The number of hydrogen-bond donors (Lipinski definition) is 0. The van der Waals surface area contributed by atoms with Crippen molar-refractivity contribution in [3.8, 4) is 0 Å². The third-order valence-electron chi connectivity index (χ3n) is 4.57. The van der Waals surface area contributed by atoms with Gasteiger partial charge in [0.1, 0.15) is 5.82 Å². The zero-order valence-electron chi connectivity index (χ0n) is 12.9. The summed E-state index contributed by atoms with van der Waals surface area (Å²) in [6, 6.07) is 4.55. The summed E-state index contributed by atoms with van der Waals surface area (Å²) in [6.07, 6.45) is 7.27. The van der Waals surface area contributed by atoms with Gasteiger partial charge in [-0.1, -0.05) is 48.5 Å². The molecule has 1 aliphatic rings. The largest absolute Gasteiger partial charge is 0.441 e. The molecule has 0 saturated heterocycles. The van der Waals surface area contributed by atoms with E-state index >= 15 is 0 Å². The predicted molar refractivity (Wildman–Crippen MR) is 86.2 cm³/mol. The van der Waals surface area contributed by atoms with Crippen LogP contribution >= 0.6 is 11.6 Å². The van der Waals surface area contributed by atoms with Gasteiger partial charge in [-0.2, -0.15) is 0 Å². The number of aromatic nitrogens is 2. The van der Waals surface area contributed by atoms with Crippen molar-refractivity contribution in [1.29, 1.82) is 0 Å². The lowest BCUT2D eigenvalue weighted by molar-refractivity contribution is 0.348. The van der Waals surface area contributed by atoms with Gasteiger partial charge in [0, 0.05) is 23.6 Å². The van der Waals surface area contributed by atoms with Gasteiger partial charge >= 0.3 is 5.76 Å². The van der Waals surface area contributed by atoms with Crippen molar-refractivity contribution in [2.24, 2.45) is 5.92 Å². The summed E-state index contributed by atoms with van der Waals surface area (Å²) in [5.74, 6) is 0.0152. The van der Waals surface area contributed by atoms with Crippen molar-refractivity contribution in [3.63, 3.8) is 0 Å². The van der Waals surface area contributed by atoms with E-state index in [1.165, 1.54) is 31.7 Å². The van der Waals surface area contributed by atoms with E-state index in [4.69, 9.17) is 16.1 Å². The second-order valence-corrected chi connectivity index (χ2v) is 6.62. The Bertz CT molecular complexity index is 697. The molecule has 1 saturated carbocycles. The highest BCUT2D eigenvalue weighted by Gasteiger charge is 2.20. The summed E-state index contributed by atoms with van der Waals surface area (Å²) < 4.78 is 20.3. The molecule has 6 heteroatoms. The lowest BCUT2D eigenvalue weighted by Crippen LogP contribution is -2.22. The Kier molecular flexibility index (Phi) is 5.16. The Morgan fingerprint density at radius 3 is 2.70 bits per heavy atom. The summed E-state index contributed by atoms with van der Waals surface area (Å²) >= 11 is 6.07. The molecule has 0 N–H and O–H groups in total. The van der Waals surface area contributed by atoms with Gasteiger partial charge in [-0.3, -0.25) is 9.09 Å². The summed E-state index contributed by atoms with van der Waals surface area (Å²) in [5, 5.41) is 4.17. The van der Waals surface area contributed by atoms with Crippen LogP contribution in [0.3, 0.4) is 0 Å². The van der Waals surface area contributed by atoms with Crippen LogP contribution in [0.4, 0.5) is 4.39 Å². The molecule has 1 heterocycles. The predicted octanol–water partition coefficient (Wildman–Crippen LogP) is 4.19. The number of halogens is 2. The van der Waals surface area contributed by atoms with E-state index in [0.717, 1.165) is 12.8 Å². The Hall–Kier alpha value is -1.62. The van der Waals surface area contributed by atoms with Crippen LogP contribution in [0.5, 0.6) is 0 Å². The van der Waals surface area contributed by atoms with Crippen molar-refractivity contribution in [2.75, 3.05) is 0 Å². The van der Waals surface area contributed by atoms with E-state index in [-0.39, 0.29) is 6.42 Å². The maximum absolute atomic E-state index is 14.0. The summed E-state index contributed by atoms with van der Waals surface area (Å²) in [4.78, 5) is 12.0. The second kappa shape index (κ2) is 7.30. The van der Waals surface area contributed by atoms with Crippen LogP contribution < -0.4 is 5.76 Å². The lowest BCUT2D eigenvalue weighted by Gasteiger charge is -2.14. The van der Waals surface area contributed by atoms with E-state index in [1.807, 2.05) is 0 Å². The standard InChI is InChI=1S/C17H20ClFN2O2/c18-14-8-5-9-15(19)13(14)10-16-20-23-17(22)21(16)11-12-6-3-1-2-4-7-12/h5,8-9,12H,1-4,6-7,10-11H2. The highest BCUT2D eigenvalue weighted by Crippen LogP contribution is 2.25. The van der Waals surface area contributed by atoms with Gasteiger partial charge in [0.2, 0.25) is 0 Å². The van der Waals surface area contributed by atoms with Gasteiger partial charge < -0.3 is 0 Å². The molecule has 0 radical (unpaired) electrons. The lowest BCUT2D eigenvalue weighted by atomic mass is 10.0. The summed E-state index contributed by atoms with van der Waals surface area (Å²) in [6.45, 7) is 0.587. The van der Waals surface area contributed by atoms with Crippen molar-refractivity contribution in [2.45, 2.75) is 51.5 Å². The molecule has 4 nitrogen and oxygen atoms in total. The zero-order chi connectivity index (χ0) is 16.2. The van der Waals surface area contributed by atoms with Crippen LogP contribution in [-0.2, 0) is 13.0 Å². The molecule has 1 aliphatic carbocycles. The van der Waals surface area contributed by atoms with Gasteiger partial charge in [-0.25, -0.2) is 9.18 Å². The van der Waals surface area contributed by atoms with Gasteiger partial charge in [-0.15, -0.1) is 0 Å². The maximum atomic E-state index is 14.0. The second-order valence-electron chi connectivity index (χ2n) is 6.21. The topological polar surface area (TPSA) is 48.0 Å². The third-order valence-corrected chi connectivity index (χ3v) is 4.93. The first-order chi connectivity index (χ1) is 11.1. The molecule has 0 bridgehead atoms. The molecule has 124 valence electrons. The van der Waals surface area contributed by atoms with E-state index in [1.54, 1.807) is 16.7 Å². The summed E-state index contributed by atoms with van der Waals surface area (Å²) in [5.41, 5.74) is 0.345. The molecule has 23 heavy (non-hydrogen) atoms. The molecule has 1 aromatic heterocycles. The van der Waals surface area contributed by atoms with Crippen molar-refractivity contribution in [1.82, 2.24) is 9.72 Å². The zero-order valence-corrected chi connectivity index (χ0v) is 13.7. The van der Waals surface area contributed by atoms with Crippen LogP contribution in [0.25, 0.3) is 0 Å². The van der Waals surface area contributed by atoms with Gasteiger partial charge in [0.05, 0.1) is 0 Å². The monoisotopic (exact) mass is 338 g/mol. The number of rotatable bonds is 4. The maximum Gasteiger partial charge on any atom is 0.441 e. The van der Waals surface area contributed by atoms with E-state index in [2.05, 4.69) is 5.16 Å². The molecular weight excluding hydrogens is 319 g/mol. The molecule has 1 fully saturated rings. The van der Waals surface area contributed by atoms with Gasteiger partial charge in [0.15, 0.2) is 5.82 Å². The highest BCUT2D eigenvalue weighted by atomic mass is 35.5. The van der Waals surface area contributed by atoms with E-state index < -0.39 is 11.6 Å². The molecule has 0 unspecified atom stereocenters. The number of benzene rings is 1. The minimum Gasteiger partial charge on any atom is -0.296 e. The number of nitrogens with zero attached hydrogens (tertiary/aromatic N) is 2. The number of hydrogen-bond acceptors (Lipinski definition) is 3. The fourth-order valence-electron chi connectivity index (χ4n) is 3.27. The average molecular weight is 339 g/mol. The molecule has 0 amide bonds. The van der Waals surface area contributed by atoms with Crippen LogP contribution in [0.1, 0.15) is 49.9 Å². The molecule has 3 rings (SSSR count). The van der Waals surface area contributed by atoms with E-state index in [0.29, 0.717) is 28.9 Å². The molecule has 0 aliphatic heterocycles.